The first-order chi connectivity index (χ1) is 32.0. The number of hydrogen-bond donors (Lipinski definition) is 3. The van der Waals surface area contributed by atoms with E-state index in [0.29, 0.717) is 17.4 Å². The van der Waals surface area contributed by atoms with Gasteiger partial charge in [-0.1, -0.05) is 289 Å². The van der Waals surface area contributed by atoms with Crippen molar-refractivity contribution >= 4 is 13.7 Å². The Bertz CT molecular complexity index is 1080. The van der Waals surface area contributed by atoms with E-state index in [9.17, 15) is 19.4 Å². The summed E-state index contributed by atoms with van der Waals surface area (Å²) in [5.41, 5.74) is 0. The second-order valence-electron chi connectivity index (χ2n) is 21.4. The van der Waals surface area contributed by atoms with E-state index < -0.39 is 20.0 Å². The van der Waals surface area contributed by atoms with Gasteiger partial charge in [-0.05, 0) is 12.8 Å². The number of nitrogens with zero attached hydrogens (tertiary/aromatic N) is 1. The zero-order valence-corrected chi connectivity index (χ0v) is 45.9. The highest BCUT2D eigenvalue weighted by Crippen LogP contribution is 2.43. The highest BCUT2D eigenvalue weighted by molar-refractivity contribution is 7.47. The molecule has 0 fully saturated rings. The number of hydrogen-bond acceptors (Lipinski definition) is 5. The summed E-state index contributed by atoms with van der Waals surface area (Å²) in [6.45, 7) is 4.63. The number of nitrogens with one attached hydrogen (secondary N) is 1. The van der Waals surface area contributed by atoms with Crippen molar-refractivity contribution in [1.29, 1.82) is 0 Å². The van der Waals surface area contributed by atoms with Gasteiger partial charge in [-0.2, -0.15) is 0 Å². The van der Waals surface area contributed by atoms with Crippen LogP contribution in [0, 0.1) is 0 Å². The van der Waals surface area contributed by atoms with Crippen molar-refractivity contribution in [2.45, 2.75) is 309 Å². The van der Waals surface area contributed by atoms with E-state index in [0.717, 1.165) is 32.1 Å². The monoisotopic (exact) mass is 956 g/mol. The minimum atomic E-state index is -4.31. The number of carbonyl (C=O) groups is 1. The number of carbonyl (C=O) groups excluding carboxylic acids is 1. The second-order valence-corrected chi connectivity index (χ2v) is 22.8. The fraction of sp³-hybridized carbons (Fsp3) is 0.947. The average Bonchev–Trinajstić information content (AvgIpc) is 3.27. The van der Waals surface area contributed by atoms with Crippen molar-refractivity contribution in [3.63, 3.8) is 0 Å². The number of phosphoric ester groups is 1. The van der Waals surface area contributed by atoms with Crippen molar-refractivity contribution in [3.8, 4) is 0 Å². The lowest BCUT2D eigenvalue weighted by molar-refractivity contribution is -0.870. The van der Waals surface area contributed by atoms with Gasteiger partial charge in [0.1, 0.15) is 13.2 Å². The van der Waals surface area contributed by atoms with E-state index in [4.69, 9.17) is 9.05 Å². The van der Waals surface area contributed by atoms with Crippen LogP contribution in [0.3, 0.4) is 0 Å². The molecule has 0 bridgehead atoms. The molecule has 3 atom stereocenters. The lowest BCUT2D eigenvalue weighted by Gasteiger charge is -2.25. The number of quaternary nitrogens is 1. The Hall–Kier alpha value is -0.760. The summed E-state index contributed by atoms with van der Waals surface area (Å²) in [7, 11) is 1.58. The van der Waals surface area contributed by atoms with Gasteiger partial charge in [-0.3, -0.25) is 13.8 Å². The predicted molar refractivity (Wildman–Crippen MR) is 286 cm³/mol. The molecular formula is C57H116N2O6P+. The molecule has 3 unspecified atom stereocenters. The number of phosphoric acid groups is 1. The third-order valence-corrected chi connectivity index (χ3v) is 14.5. The molecular weight excluding hydrogens is 840 g/mol. The summed E-state index contributed by atoms with van der Waals surface area (Å²) in [6, 6.07) is -0.837. The first kappa shape index (κ1) is 65.2. The molecule has 0 aromatic rings. The molecule has 0 heterocycles. The number of likely N-dealkylation sites (N-methyl/N-ethyl adjacent to an activating group) is 1. The highest BCUT2D eigenvalue weighted by atomic mass is 31.2. The Morgan fingerprint density at radius 2 is 0.803 bits per heavy atom. The third-order valence-electron chi connectivity index (χ3n) is 13.5. The number of aliphatic hydroxyl groups is 1. The molecule has 0 aromatic carbocycles. The van der Waals surface area contributed by atoms with Crippen LogP contribution < -0.4 is 5.32 Å². The molecule has 0 saturated heterocycles. The summed E-state index contributed by atoms with van der Waals surface area (Å²) in [6.07, 6.45) is 61.8. The zero-order chi connectivity index (χ0) is 48.5. The lowest BCUT2D eigenvalue weighted by atomic mass is 10.0. The minimum absolute atomic E-state index is 0.0626. The summed E-state index contributed by atoms with van der Waals surface area (Å²) in [5.74, 6) is -0.183. The van der Waals surface area contributed by atoms with Crippen molar-refractivity contribution in [1.82, 2.24) is 5.32 Å². The Morgan fingerprint density at radius 1 is 0.500 bits per heavy atom. The molecule has 0 aliphatic rings. The van der Waals surface area contributed by atoms with Gasteiger partial charge in [0.05, 0.1) is 39.9 Å². The van der Waals surface area contributed by atoms with Crippen LogP contribution in [0.2, 0.25) is 0 Å². The largest absolute Gasteiger partial charge is 0.472 e. The van der Waals surface area contributed by atoms with E-state index in [1.807, 2.05) is 34.1 Å². The van der Waals surface area contributed by atoms with Crippen LogP contribution in [0.4, 0.5) is 0 Å². The summed E-state index contributed by atoms with van der Waals surface area (Å²) in [5, 5.41) is 13.5. The van der Waals surface area contributed by atoms with E-state index in [-0.39, 0.29) is 19.1 Å². The quantitative estimate of drug-likeness (QED) is 0.0243. The molecule has 394 valence electrons. The number of rotatable bonds is 54. The molecule has 0 radical (unpaired) electrons. The van der Waals surface area contributed by atoms with Crippen molar-refractivity contribution < 1.29 is 32.9 Å². The summed E-state index contributed by atoms with van der Waals surface area (Å²) < 4.78 is 23.3. The van der Waals surface area contributed by atoms with Crippen molar-refractivity contribution in [3.05, 3.63) is 12.2 Å². The van der Waals surface area contributed by atoms with Crippen LogP contribution in [0.25, 0.3) is 0 Å². The lowest BCUT2D eigenvalue weighted by Crippen LogP contribution is -2.45. The van der Waals surface area contributed by atoms with Gasteiger partial charge in [0, 0.05) is 6.42 Å². The van der Waals surface area contributed by atoms with Gasteiger partial charge in [0.15, 0.2) is 0 Å². The van der Waals surface area contributed by atoms with Gasteiger partial charge in [-0.25, -0.2) is 4.57 Å². The maximum Gasteiger partial charge on any atom is 0.472 e. The predicted octanol–water partition coefficient (Wildman–Crippen LogP) is 17.4. The summed E-state index contributed by atoms with van der Waals surface area (Å²) >= 11 is 0. The van der Waals surface area contributed by atoms with Gasteiger partial charge in [0.25, 0.3) is 0 Å². The maximum atomic E-state index is 12.7. The van der Waals surface area contributed by atoms with E-state index in [1.54, 1.807) is 6.08 Å². The van der Waals surface area contributed by atoms with Crippen molar-refractivity contribution in [2.75, 3.05) is 40.9 Å². The molecule has 1 amide bonds. The molecule has 3 N–H and O–H groups in total. The molecule has 0 aliphatic heterocycles. The molecule has 0 spiro atoms. The number of allylic oxidation sites excluding steroid dienone is 1. The van der Waals surface area contributed by atoms with Crippen LogP contribution in [0.15, 0.2) is 12.2 Å². The standard InChI is InChI=1S/C57H115N2O6P/c1-6-8-10-11-12-13-14-15-16-17-18-19-20-21-22-23-24-25-26-27-28-29-30-31-32-33-34-35-36-37-38-39-40-41-42-43-44-45-46-47-49-51-57(61)58-55(56(60)50-48-9-7-2)54-65-66(62,63)64-53-52-59(3,4)5/h48,50,55-56,60H,6-47,49,51-54H2,1-5H3,(H-,58,61,62,63)/p+1/b50-48+. The fourth-order valence-electron chi connectivity index (χ4n) is 8.94. The number of amides is 1. The van der Waals surface area contributed by atoms with Gasteiger partial charge in [-0.15, -0.1) is 0 Å². The molecule has 0 aliphatic carbocycles. The van der Waals surface area contributed by atoms with Crippen LogP contribution in [-0.2, 0) is 18.4 Å². The highest BCUT2D eigenvalue weighted by Gasteiger charge is 2.27. The Kier molecular flexibility index (Phi) is 48.7. The van der Waals surface area contributed by atoms with Gasteiger partial charge >= 0.3 is 7.82 Å². The first-order valence-corrected chi connectivity index (χ1v) is 30.6. The van der Waals surface area contributed by atoms with Crippen LogP contribution >= 0.6 is 7.82 Å². The molecule has 8 nitrogen and oxygen atoms in total. The van der Waals surface area contributed by atoms with Gasteiger partial charge in [0.2, 0.25) is 5.91 Å². The third kappa shape index (κ3) is 51.1. The molecule has 0 saturated carbocycles. The SMILES string of the molecule is CCC/C=C/C(O)C(COP(=O)(O)OCC[N+](C)(C)C)NC(=O)CCCCCCCCCCCCCCCCCCCCCCCCCCCCCCCCCCCCCCCCCCC. The Balaban J connectivity index is 3.52. The van der Waals surface area contributed by atoms with Crippen molar-refractivity contribution in [2.24, 2.45) is 0 Å². The summed E-state index contributed by atoms with van der Waals surface area (Å²) in [4.78, 5) is 22.9. The van der Waals surface area contributed by atoms with E-state index in [1.165, 1.54) is 244 Å². The van der Waals surface area contributed by atoms with E-state index in [2.05, 4.69) is 12.2 Å². The number of aliphatic hydroxyl groups excluding tert-OH is 1. The zero-order valence-electron chi connectivity index (χ0n) is 45.0. The minimum Gasteiger partial charge on any atom is -0.387 e. The van der Waals surface area contributed by atoms with Crippen LogP contribution in [0.1, 0.15) is 296 Å². The fourth-order valence-corrected chi connectivity index (χ4v) is 9.67. The topological polar surface area (TPSA) is 105 Å². The Morgan fingerprint density at radius 3 is 1.09 bits per heavy atom. The molecule has 0 aromatic heterocycles. The smallest absolute Gasteiger partial charge is 0.387 e. The van der Waals surface area contributed by atoms with Crippen LogP contribution in [-0.4, -0.2) is 73.4 Å². The van der Waals surface area contributed by atoms with Crippen LogP contribution in [0.5, 0.6) is 0 Å². The first-order valence-electron chi connectivity index (χ1n) is 29.1. The molecule has 0 rings (SSSR count). The number of unbranched alkanes of at least 4 members (excludes halogenated alkanes) is 41. The van der Waals surface area contributed by atoms with E-state index >= 15 is 0 Å². The average molecular weight is 957 g/mol. The maximum absolute atomic E-state index is 12.7. The van der Waals surface area contributed by atoms with Gasteiger partial charge < -0.3 is 19.8 Å². The molecule has 66 heavy (non-hydrogen) atoms. The molecule has 9 heteroatoms. The Labute approximate surface area is 412 Å². The normalized spacial score (nSPS) is 14.0. The second kappa shape index (κ2) is 49.2.